The lowest BCUT2D eigenvalue weighted by Crippen LogP contribution is -2.44. The quantitative estimate of drug-likeness (QED) is 0.513. The van der Waals surface area contributed by atoms with Gasteiger partial charge in [0, 0.05) is 16.9 Å². The van der Waals surface area contributed by atoms with Crippen LogP contribution in [0, 0.1) is 12.7 Å². The molecule has 2 aromatic carbocycles. The molecule has 0 saturated carbocycles. The van der Waals surface area contributed by atoms with E-state index in [0.717, 1.165) is 0 Å². The molecule has 0 bridgehead atoms. The maximum Gasteiger partial charge on any atom is 0.337 e. The summed E-state index contributed by atoms with van der Waals surface area (Å²) in [6.07, 6.45) is 2.27. The number of pyridine rings is 1. The van der Waals surface area contributed by atoms with Crippen LogP contribution in [-0.2, 0) is 16.0 Å². The first-order chi connectivity index (χ1) is 16.7. The van der Waals surface area contributed by atoms with E-state index in [0.29, 0.717) is 35.2 Å². The van der Waals surface area contributed by atoms with E-state index in [4.69, 9.17) is 22.1 Å². The number of benzene rings is 2. The van der Waals surface area contributed by atoms with Gasteiger partial charge in [0.1, 0.15) is 11.9 Å². The molecular formula is C26H23ClFN3O4. The third kappa shape index (κ3) is 4.61. The van der Waals surface area contributed by atoms with Gasteiger partial charge in [0.05, 0.1) is 24.3 Å². The van der Waals surface area contributed by atoms with Gasteiger partial charge in [0.25, 0.3) is 5.91 Å². The largest absolute Gasteiger partial charge is 0.465 e. The Bertz CT molecular complexity index is 1330. The van der Waals surface area contributed by atoms with Gasteiger partial charge < -0.3 is 15.4 Å². The fraction of sp³-hybridized carbons (Fsp3) is 0.231. The van der Waals surface area contributed by atoms with Crippen molar-refractivity contribution in [3.05, 3.63) is 99.1 Å². The molecule has 1 aromatic heterocycles. The molecule has 0 unspecified atom stereocenters. The molecule has 7 nitrogen and oxygen atoms in total. The Balaban J connectivity index is 1.91. The molecule has 0 radical (unpaired) electrons. The zero-order valence-electron chi connectivity index (χ0n) is 19.1. The highest BCUT2D eigenvalue weighted by Gasteiger charge is 2.41. The third-order valence-electron chi connectivity index (χ3n) is 6.20. The number of amides is 2. The Morgan fingerprint density at radius 2 is 1.97 bits per heavy atom. The topological polar surface area (TPSA) is 103 Å². The Morgan fingerprint density at radius 3 is 2.66 bits per heavy atom. The predicted octanol–water partition coefficient (Wildman–Crippen LogP) is 4.33. The van der Waals surface area contributed by atoms with Crippen LogP contribution in [0.1, 0.15) is 61.6 Å². The highest BCUT2D eigenvalue weighted by atomic mass is 35.5. The third-order valence-corrected chi connectivity index (χ3v) is 6.42. The smallest absolute Gasteiger partial charge is 0.337 e. The number of aromatic nitrogens is 1. The Kier molecular flexibility index (Phi) is 6.84. The lowest BCUT2D eigenvalue weighted by Gasteiger charge is -2.36. The summed E-state index contributed by atoms with van der Waals surface area (Å²) in [7, 11) is 1.25. The summed E-state index contributed by atoms with van der Waals surface area (Å²) in [5.74, 6) is -2.38. The van der Waals surface area contributed by atoms with Crippen molar-refractivity contribution in [2.45, 2.75) is 31.8 Å². The highest BCUT2D eigenvalue weighted by molar-refractivity contribution is 6.30. The van der Waals surface area contributed by atoms with E-state index in [1.807, 2.05) is 0 Å². The van der Waals surface area contributed by atoms with Crippen molar-refractivity contribution in [2.24, 2.45) is 5.73 Å². The normalized spacial score (nSPS) is 15.3. The van der Waals surface area contributed by atoms with Crippen LogP contribution in [0.2, 0.25) is 5.02 Å². The van der Waals surface area contributed by atoms with Gasteiger partial charge in [-0.3, -0.25) is 14.6 Å². The van der Waals surface area contributed by atoms with Crippen molar-refractivity contribution in [3.8, 4) is 0 Å². The monoisotopic (exact) mass is 495 g/mol. The van der Waals surface area contributed by atoms with Crippen LogP contribution in [0.15, 0.2) is 54.7 Å². The number of nitrogens with zero attached hydrogens (tertiary/aromatic N) is 2. The van der Waals surface area contributed by atoms with Gasteiger partial charge in [-0.05, 0) is 72.9 Å². The molecule has 4 rings (SSSR count). The van der Waals surface area contributed by atoms with Crippen LogP contribution in [-0.4, -0.2) is 34.8 Å². The van der Waals surface area contributed by atoms with Crippen molar-refractivity contribution in [2.75, 3.05) is 7.11 Å². The van der Waals surface area contributed by atoms with E-state index in [-0.39, 0.29) is 16.1 Å². The first kappa shape index (κ1) is 24.3. The van der Waals surface area contributed by atoms with E-state index in [1.54, 1.807) is 43.5 Å². The summed E-state index contributed by atoms with van der Waals surface area (Å²) in [6.45, 7) is 1.68. The van der Waals surface area contributed by atoms with Crippen LogP contribution >= 0.6 is 11.6 Å². The number of hydrogen-bond acceptors (Lipinski definition) is 5. The second-order valence-electron chi connectivity index (χ2n) is 8.28. The number of methoxy groups -OCH3 is 1. The minimum absolute atomic E-state index is 0.182. The van der Waals surface area contributed by atoms with E-state index >= 15 is 0 Å². The number of fused-ring (bicyclic) bond motifs is 1. The summed E-state index contributed by atoms with van der Waals surface area (Å²) >= 11 is 6.15. The lowest BCUT2D eigenvalue weighted by atomic mass is 9.96. The van der Waals surface area contributed by atoms with Crippen molar-refractivity contribution >= 4 is 29.4 Å². The van der Waals surface area contributed by atoms with Crippen molar-refractivity contribution < 1.29 is 23.5 Å². The maximum absolute atomic E-state index is 14.7. The highest BCUT2D eigenvalue weighted by Crippen LogP contribution is 2.43. The Morgan fingerprint density at radius 1 is 1.20 bits per heavy atom. The number of hydrogen-bond donors (Lipinski definition) is 1. The van der Waals surface area contributed by atoms with Gasteiger partial charge in [-0.1, -0.05) is 23.7 Å². The maximum atomic E-state index is 14.7. The molecule has 2 atom stereocenters. The molecule has 0 spiro atoms. The second kappa shape index (κ2) is 9.84. The van der Waals surface area contributed by atoms with E-state index in [2.05, 4.69) is 4.98 Å². The number of ether oxygens (including phenoxy) is 1. The zero-order chi connectivity index (χ0) is 25.3. The molecule has 1 aliphatic rings. The van der Waals surface area contributed by atoms with Crippen molar-refractivity contribution in [1.29, 1.82) is 0 Å². The molecule has 1 heterocycles. The van der Waals surface area contributed by atoms with Crippen LogP contribution < -0.4 is 5.73 Å². The van der Waals surface area contributed by atoms with Gasteiger partial charge >= 0.3 is 5.97 Å². The number of carbonyl (C=O) groups excluding carboxylic acids is 3. The van der Waals surface area contributed by atoms with Gasteiger partial charge in [-0.25, -0.2) is 9.18 Å². The Hall–Kier alpha value is -3.78. The number of esters is 1. The molecule has 2 N–H and O–H groups in total. The van der Waals surface area contributed by atoms with Gasteiger partial charge in [0.2, 0.25) is 5.91 Å². The minimum Gasteiger partial charge on any atom is -0.465 e. The van der Waals surface area contributed by atoms with Gasteiger partial charge in [-0.2, -0.15) is 0 Å². The summed E-state index contributed by atoms with van der Waals surface area (Å²) in [5, 5.41) is 0.182. The lowest BCUT2D eigenvalue weighted by molar-refractivity contribution is -0.123. The number of carbonyl (C=O) groups is 3. The molecule has 1 aliphatic carbocycles. The van der Waals surface area contributed by atoms with E-state index in [1.165, 1.54) is 30.2 Å². The second-order valence-corrected chi connectivity index (χ2v) is 8.72. The van der Waals surface area contributed by atoms with Crippen molar-refractivity contribution in [3.63, 3.8) is 0 Å². The van der Waals surface area contributed by atoms with Crippen molar-refractivity contribution in [1.82, 2.24) is 9.88 Å². The number of nitrogens with two attached hydrogens (primary N) is 1. The molecule has 3 aromatic rings. The molecule has 9 heteroatoms. The van der Waals surface area contributed by atoms with E-state index in [9.17, 15) is 18.8 Å². The summed E-state index contributed by atoms with van der Waals surface area (Å²) < 4.78 is 19.5. The number of primary amides is 1. The average Bonchev–Trinajstić information content (AvgIpc) is 3.25. The van der Waals surface area contributed by atoms with Crippen LogP contribution in [0.4, 0.5) is 4.39 Å². The molecule has 35 heavy (non-hydrogen) atoms. The van der Waals surface area contributed by atoms with Crippen LogP contribution in [0.3, 0.4) is 0 Å². The zero-order valence-corrected chi connectivity index (χ0v) is 19.9. The molecule has 180 valence electrons. The number of aryl methyl sites for hydroxylation is 1. The van der Waals surface area contributed by atoms with Gasteiger partial charge in [0.15, 0.2) is 0 Å². The predicted molar refractivity (Wildman–Crippen MR) is 127 cm³/mol. The SMILES string of the molecule is COC(=O)c1cccc([C@H](C(N)=O)N(C(=O)c2cccnc2C)[C@@H]2CCc3c(F)cc(Cl)cc32)c1. The molecule has 0 aliphatic heterocycles. The fourth-order valence-electron chi connectivity index (χ4n) is 4.61. The first-order valence-electron chi connectivity index (χ1n) is 10.9. The summed E-state index contributed by atoms with van der Waals surface area (Å²) in [6, 6.07) is 10.3. The summed E-state index contributed by atoms with van der Waals surface area (Å²) in [5.41, 5.74) is 8.08. The fourth-order valence-corrected chi connectivity index (χ4v) is 4.83. The average molecular weight is 496 g/mol. The standard InChI is InChI=1S/C26H23ClFN3O4/c1-14-18(7-4-10-30-14)25(33)31(22-9-8-19-20(22)12-17(27)13-21(19)28)23(24(29)32)15-5-3-6-16(11-15)26(34)35-2/h3-7,10-13,22-23H,8-9H2,1-2H3,(H2,29,32)/t22-,23-/m1/s1. The van der Waals surface area contributed by atoms with Crippen LogP contribution in [0.5, 0.6) is 0 Å². The summed E-state index contributed by atoms with van der Waals surface area (Å²) in [4.78, 5) is 44.6. The van der Waals surface area contributed by atoms with E-state index < -0.39 is 35.7 Å². The first-order valence-corrected chi connectivity index (χ1v) is 11.3. The van der Waals surface area contributed by atoms with Crippen LogP contribution in [0.25, 0.3) is 0 Å². The molecule has 0 fully saturated rings. The van der Waals surface area contributed by atoms with Gasteiger partial charge in [-0.15, -0.1) is 0 Å². The number of halogens is 2. The number of rotatable bonds is 6. The molecular weight excluding hydrogens is 473 g/mol. The molecule has 2 amide bonds. The molecule has 0 saturated heterocycles. The Labute approximate surface area is 206 Å². The minimum atomic E-state index is -1.26.